The molecule has 2 aromatic carbocycles. The first-order chi connectivity index (χ1) is 13.8. The molecule has 0 saturated carbocycles. The van der Waals surface area contributed by atoms with E-state index in [-0.39, 0.29) is 11.2 Å². The Bertz CT molecular complexity index is 1030. The molecule has 3 aromatic rings. The fourth-order valence-corrected chi connectivity index (χ4v) is 4.16. The van der Waals surface area contributed by atoms with Crippen LogP contribution in [-0.4, -0.2) is 25.9 Å². The molecule has 0 spiro atoms. The first-order valence-corrected chi connectivity index (χ1v) is 10.7. The van der Waals surface area contributed by atoms with Crippen molar-refractivity contribution in [3.8, 4) is 5.69 Å². The predicted octanol–water partition coefficient (Wildman–Crippen LogP) is 5.44. The summed E-state index contributed by atoms with van der Waals surface area (Å²) in [6.45, 7) is 12.3. The molecule has 0 aliphatic carbocycles. The van der Waals surface area contributed by atoms with Gasteiger partial charge < -0.3 is 5.32 Å². The highest BCUT2D eigenvalue weighted by Crippen LogP contribution is 2.30. The van der Waals surface area contributed by atoms with E-state index in [1.54, 1.807) is 6.33 Å². The number of thioether (sulfide) groups is 1. The van der Waals surface area contributed by atoms with Crippen LogP contribution in [0.4, 0.5) is 5.69 Å². The van der Waals surface area contributed by atoms with Crippen LogP contribution in [0, 0.1) is 20.8 Å². The average molecular weight is 409 g/mol. The number of hydrogen-bond acceptors (Lipinski definition) is 4. The number of aryl methyl sites for hydroxylation is 3. The van der Waals surface area contributed by atoms with Gasteiger partial charge >= 0.3 is 0 Å². The Labute approximate surface area is 176 Å². The van der Waals surface area contributed by atoms with Crippen molar-refractivity contribution in [3.63, 3.8) is 0 Å². The monoisotopic (exact) mass is 408 g/mol. The van der Waals surface area contributed by atoms with E-state index in [9.17, 15) is 4.79 Å². The minimum atomic E-state index is -0.316. The molecule has 0 aliphatic rings. The molecule has 1 unspecified atom stereocenters. The van der Waals surface area contributed by atoms with Crippen molar-refractivity contribution in [1.82, 2.24) is 14.8 Å². The zero-order chi connectivity index (χ0) is 21.1. The molecule has 1 aromatic heterocycles. The molecular formula is C23H28N4OS. The molecule has 0 radical (unpaired) electrons. The quantitative estimate of drug-likeness (QED) is 0.552. The first kappa shape index (κ1) is 21.1. The van der Waals surface area contributed by atoms with Crippen molar-refractivity contribution in [1.29, 1.82) is 0 Å². The molecule has 3 rings (SSSR count). The van der Waals surface area contributed by atoms with Gasteiger partial charge in [-0.3, -0.25) is 9.36 Å². The van der Waals surface area contributed by atoms with Crippen molar-refractivity contribution < 1.29 is 4.79 Å². The highest BCUT2D eigenvalue weighted by molar-refractivity contribution is 8.00. The van der Waals surface area contributed by atoms with Gasteiger partial charge in [0.15, 0.2) is 5.16 Å². The third kappa shape index (κ3) is 4.70. The fourth-order valence-electron chi connectivity index (χ4n) is 3.32. The van der Waals surface area contributed by atoms with Crippen LogP contribution in [0.25, 0.3) is 5.69 Å². The second-order valence-electron chi connectivity index (χ2n) is 7.72. The van der Waals surface area contributed by atoms with E-state index < -0.39 is 0 Å². The number of aromatic nitrogens is 3. The molecule has 0 saturated heterocycles. The lowest BCUT2D eigenvalue weighted by molar-refractivity contribution is -0.115. The van der Waals surface area contributed by atoms with Crippen LogP contribution in [-0.2, 0) is 4.79 Å². The summed E-state index contributed by atoms with van der Waals surface area (Å²) in [4.78, 5) is 12.9. The zero-order valence-corrected chi connectivity index (χ0v) is 18.7. The summed E-state index contributed by atoms with van der Waals surface area (Å²) in [6.07, 6.45) is 1.70. The summed E-state index contributed by atoms with van der Waals surface area (Å²) in [5.74, 6) is 0.294. The topological polar surface area (TPSA) is 59.8 Å². The molecule has 1 atom stereocenters. The van der Waals surface area contributed by atoms with Crippen LogP contribution in [0.1, 0.15) is 48.9 Å². The lowest BCUT2D eigenvalue weighted by atomic mass is 9.98. The number of hydrogen-bond donors (Lipinski definition) is 1. The number of anilines is 1. The van der Waals surface area contributed by atoms with Gasteiger partial charge in [-0.25, -0.2) is 0 Å². The molecule has 0 aliphatic heterocycles. The Kier molecular flexibility index (Phi) is 6.42. The first-order valence-electron chi connectivity index (χ1n) is 9.82. The maximum atomic E-state index is 12.9. The normalized spacial score (nSPS) is 12.2. The van der Waals surface area contributed by atoms with Crippen molar-refractivity contribution in [2.45, 2.75) is 57.9 Å². The van der Waals surface area contributed by atoms with Gasteiger partial charge in [0.25, 0.3) is 0 Å². The Hall–Kier alpha value is -2.60. The van der Waals surface area contributed by atoms with Crippen LogP contribution in [0.3, 0.4) is 0 Å². The number of nitrogens with zero attached hydrogens (tertiary/aromatic N) is 3. The van der Waals surface area contributed by atoms with E-state index in [1.165, 1.54) is 17.3 Å². The second kappa shape index (κ2) is 8.82. The van der Waals surface area contributed by atoms with E-state index in [2.05, 4.69) is 67.5 Å². The van der Waals surface area contributed by atoms with E-state index in [1.807, 2.05) is 30.5 Å². The third-order valence-electron chi connectivity index (χ3n) is 4.95. The van der Waals surface area contributed by atoms with Crippen LogP contribution < -0.4 is 5.32 Å². The van der Waals surface area contributed by atoms with Crippen LogP contribution >= 0.6 is 11.8 Å². The van der Waals surface area contributed by atoms with Gasteiger partial charge in [-0.1, -0.05) is 61.5 Å². The van der Waals surface area contributed by atoms with Gasteiger partial charge in [0.05, 0.1) is 10.9 Å². The fraction of sp³-hybridized carbons (Fsp3) is 0.348. The van der Waals surface area contributed by atoms with Gasteiger partial charge in [-0.2, -0.15) is 0 Å². The van der Waals surface area contributed by atoms with Gasteiger partial charge in [0, 0.05) is 5.69 Å². The maximum Gasteiger partial charge on any atom is 0.237 e. The SMILES string of the molecule is Cc1ccc(-n2cnnc2SC(C)C(=O)Nc2c(C)cccc2C(C)C)c(C)c1. The van der Waals surface area contributed by atoms with Crippen LogP contribution in [0.2, 0.25) is 0 Å². The molecule has 29 heavy (non-hydrogen) atoms. The highest BCUT2D eigenvalue weighted by Gasteiger charge is 2.21. The molecule has 1 N–H and O–H groups in total. The summed E-state index contributed by atoms with van der Waals surface area (Å²) >= 11 is 1.41. The summed E-state index contributed by atoms with van der Waals surface area (Å²) in [6, 6.07) is 12.4. The maximum absolute atomic E-state index is 12.9. The molecule has 1 heterocycles. The Balaban J connectivity index is 1.80. The Morgan fingerprint density at radius 1 is 1.07 bits per heavy atom. The van der Waals surface area contributed by atoms with Crippen molar-refractivity contribution in [3.05, 3.63) is 65.0 Å². The van der Waals surface area contributed by atoms with Crippen molar-refractivity contribution in [2.75, 3.05) is 5.32 Å². The van der Waals surface area contributed by atoms with Crippen LogP contribution in [0.5, 0.6) is 0 Å². The number of rotatable bonds is 6. The lowest BCUT2D eigenvalue weighted by Crippen LogP contribution is -2.24. The van der Waals surface area contributed by atoms with Gasteiger partial charge in [-0.05, 0) is 56.4 Å². The van der Waals surface area contributed by atoms with Crippen molar-refractivity contribution >= 4 is 23.4 Å². The molecule has 0 fully saturated rings. The number of benzene rings is 2. The largest absolute Gasteiger partial charge is 0.325 e. The third-order valence-corrected chi connectivity index (χ3v) is 6.01. The van der Waals surface area contributed by atoms with E-state index >= 15 is 0 Å². The summed E-state index contributed by atoms with van der Waals surface area (Å²) in [5, 5.41) is 11.8. The molecule has 5 nitrogen and oxygen atoms in total. The molecule has 6 heteroatoms. The van der Waals surface area contributed by atoms with E-state index in [4.69, 9.17) is 0 Å². The number of para-hydroxylation sites is 1. The Morgan fingerprint density at radius 2 is 1.83 bits per heavy atom. The molecular weight excluding hydrogens is 380 g/mol. The average Bonchev–Trinajstić information content (AvgIpc) is 3.10. The lowest BCUT2D eigenvalue weighted by Gasteiger charge is -2.18. The Morgan fingerprint density at radius 3 is 2.52 bits per heavy atom. The molecule has 152 valence electrons. The molecule has 0 bridgehead atoms. The van der Waals surface area contributed by atoms with Gasteiger partial charge in [-0.15, -0.1) is 10.2 Å². The number of carbonyl (C=O) groups is 1. The summed E-state index contributed by atoms with van der Waals surface area (Å²) in [7, 11) is 0. The zero-order valence-electron chi connectivity index (χ0n) is 17.9. The summed E-state index contributed by atoms with van der Waals surface area (Å²) < 4.78 is 1.94. The van der Waals surface area contributed by atoms with Gasteiger partial charge in [0.2, 0.25) is 5.91 Å². The minimum absolute atomic E-state index is 0.0404. The smallest absolute Gasteiger partial charge is 0.237 e. The highest BCUT2D eigenvalue weighted by atomic mass is 32.2. The van der Waals surface area contributed by atoms with Gasteiger partial charge in [0.1, 0.15) is 6.33 Å². The second-order valence-corrected chi connectivity index (χ2v) is 9.02. The van der Waals surface area contributed by atoms with Crippen LogP contribution in [0.15, 0.2) is 47.9 Å². The van der Waals surface area contributed by atoms with Crippen molar-refractivity contribution in [2.24, 2.45) is 0 Å². The standard InChI is InChI=1S/C23H28N4OS/c1-14(2)19-9-7-8-16(4)21(19)25-22(28)18(6)29-23-26-24-13-27(23)20-11-10-15(3)12-17(20)5/h7-14,18H,1-6H3,(H,25,28). The number of nitrogens with one attached hydrogen (secondary N) is 1. The van der Waals surface area contributed by atoms with E-state index in [0.29, 0.717) is 11.1 Å². The number of amides is 1. The minimum Gasteiger partial charge on any atom is -0.325 e. The van der Waals surface area contributed by atoms with E-state index in [0.717, 1.165) is 28.1 Å². The molecule has 1 amide bonds. The summed E-state index contributed by atoms with van der Waals surface area (Å²) in [5.41, 5.74) is 6.51. The number of carbonyl (C=O) groups excluding carboxylic acids is 1. The predicted molar refractivity (Wildman–Crippen MR) is 120 cm³/mol.